The van der Waals surface area contributed by atoms with Gasteiger partial charge in [-0.1, -0.05) is 53.5 Å². The van der Waals surface area contributed by atoms with Crippen LogP contribution in [0.2, 0.25) is 10.0 Å². The van der Waals surface area contributed by atoms with E-state index in [0.29, 0.717) is 15.7 Å². The quantitative estimate of drug-likeness (QED) is 0.667. The van der Waals surface area contributed by atoms with Crippen molar-refractivity contribution in [1.29, 1.82) is 5.26 Å². The second-order valence-corrected chi connectivity index (χ2v) is 4.98. The van der Waals surface area contributed by atoms with Crippen molar-refractivity contribution in [3.8, 4) is 6.07 Å². The number of halogens is 2. The summed E-state index contributed by atoms with van der Waals surface area (Å²) in [5.74, 6) is -0.500. The first-order valence-electron chi connectivity index (χ1n) is 6.03. The molecule has 0 radical (unpaired) electrons. The van der Waals surface area contributed by atoms with E-state index in [4.69, 9.17) is 28.5 Å². The van der Waals surface area contributed by atoms with Gasteiger partial charge in [-0.25, -0.2) is 0 Å². The predicted molar refractivity (Wildman–Crippen MR) is 85.1 cm³/mol. The number of amides is 1. The van der Waals surface area contributed by atoms with Crippen molar-refractivity contribution in [2.45, 2.75) is 0 Å². The van der Waals surface area contributed by atoms with Crippen LogP contribution >= 0.6 is 23.2 Å². The summed E-state index contributed by atoms with van der Waals surface area (Å²) in [6.45, 7) is 0. The minimum absolute atomic E-state index is 0.00673. The van der Waals surface area contributed by atoms with Crippen LogP contribution in [0.3, 0.4) is 0 Å². The van der Waals surface area contributed by atoms with Crippen LogP contribution in [-0.4, -0.2) is 5.91 Å². The Morgan fingerprint density at radius 3 is 2.43 bits per heavy atom. The predicted octanol–water partition coefficient (Wildman–Crippen LogP) is 4.54. The number of hydrogen-bond acceptors (Lipinski definition) is 2. The fourth-order valence-corrected chi connectivity index (χ4v) is 1.93. The van der Waals surface area contributed by atoms with Crippen molar-refractivity contribution in [3.05, 3.63) is 69.7 Å². The highest BCUT2D eigenvalue weighted by molar-refractivity contribution is 6.42. The molecule has 2 aromatic carbocycles. The van der Waals surface area contributed by atoms with Gasteiger partial charge in [0.25, 0.3) is 5.91 Å². The van der Waals surface area contributed by atoms with Crippen LogP contribution in [0.5, 0.6) is 0 Å². The molecule has 0 bridgehead atoms. The number of rotatable bonds is 3. The van der Waals surface area contributed by atoms with Gasteiger partial charge in [-0.05, 0) is 29.8 Å². The molecule has 21 heavy (non-hydrogen) atoms. The van der Waals surface area contributed by atoms with Crippen molar-refractivity contribution in [1.82, 2.24) is 0 Å². The smallest absolute Gasteiger partial charge is 0.266 e. The first-order chi connectivity index (χ1) is 10.1. The van der Waals surface area contributed by atoms with E-state index < -0.39 is 5.91 Å². The summed E-state index contributed by atoms with van der Waals surface area (Å²) in [7, 11) is 0. The van der Waals surface area contributed by atoms with Gasteiger partial charge in [-0.15, -0.1) is 0 Å². The van der Waals surface area contributed by atoms with Crippen LogP contribution in [-0.2, 0) is 4.79 Å². The van der Waals surface area contributed by atoms with Crippen LogP contribution in [0.4, 0.5) is 5.69 Å². The summed E-state index contributed by atoms with van der Waals surface area (Å²) in [6.07, 6.45) is 1.52. The molecule has 2 rings (SSSR count). The highest BCUT2D eigenvalue weighted by Gasteiger charge is 2.10. The number of carbonyl (C=O) groups excluding carboxylic acids is 1. The van der Waals surface area contributed by atoms with E-state index in [1.165, 1.54) is 12.1 Å². The topological polar surface area (TPSA) is 52.9 Å². The lowest BCUT2D eigenvalue weighted by atomic mass is 10.1. The van der Waals surface area contributed by atoms with Gasteiger partial charge in [0, 0.05) is 5.69 Å². The molecule has 0 unspecified atom stereocenters. The van der Waals surface area contributed by atoms with Gasteiger partial charge in [0.15, 0.2) is 0 Å². The number of anilines is 1. The lowest BCUT2D eigenvalue weighted by Gasteiger charge is -2.05. The Labute approximate surface area is 132 Å². The first-order valence-corrected chi connectivity index (χ1v) is 6.79. The molecule has 104 valence electrons. The number of carbonyl (C=O) groups is 1. The van der Waals surface area contributed by atoms with Crippen LogP contribution in [0, 0.1) is 11.3 Å². The fraction of sp³-hybridized carbons (Fsp3) is 0. The summed E-state index contributed by atoms with van der Waals surface area (Å²) in [4.78, 5) is 12.1. The molecule has 0 saturated heterocycles. The largest absolute Gasteiger partial charge is 0.321 e. The summed E-state index contributed by atoms with van der Waals surface area (Å²) in [5.41, 5.74) is 1.26. The fourth-order valence-electron chi connectivity index (χ4n) is 1.64. The number of nitrogens with zero attached hydrogens (tertiary/aromatic N) is 1. The van der Waals surface area contributed by atoms with Crippen molar-refractivity contribution < 1.29 is 4.79 Å². The zero-order chi connectivity index (χ0) is 15.2. The maximum atomic E-state index is 12.1. The third-order valence-electron chi connectivity index (χ3n) is 2.65. The van der Waals surface area contributed by atoms with E-state index >= 15 is 0 Å². The molecule has 0 fully saturated rings. The molecule has 0 spiro atoms. The summed E-state index contributed by atoms with van der Waals surface area (Å²) >= 11 is 11.7. The van der Waals surface area contributed by atoms with Crippen molar-refractivity contribution in [2.75, 3.05) is 5.32 Å². The average Bonchev–Trinajstić information content (AvgIpc) is 2.49. The van der Waals surface area contributed by atoms with E-state index in [2.05, 4.69) is 5.32 Å². The molecule has 0 aliphatic carbocycles. The molecule has 0 saturated carbocycles. The van der Waals surface area contributed by atoms with Crippen LogP contribution < -0.4 is 5.32 Å². The Kier molecular flexibility index (Phi) is 4.99. The molecule has 1 N–H and O–H groups in total. The first kappa shape index (κ1) is 15.1. The molecular weight excluding hydrogens is 307 g/mol. The minimum atomic E-state index is -0.500. The lowest BCUT2D eigenvalue weighted by molar-refractivity contribution is -0.112. The summed E-state index contributed by atoms with van der Waals surface area (Å²) in [5, 5.41) is 12.4. The highest BCUT2D eigenvalue weighted by Crippen LogP contribution is 2.25. The van der Waals surface area contributed by atoms with Gasteiger partial charge in [0.05, 0.1) is 10.0 Å². The molecule has 0 aliphatic heterocycles. The van der Waals surface area contributed by atoms with Gasteiger partial charge in [-0.2, -0.15) is 5.26 Å². The van der Waals surface area contributed by atoms with Gasteiger partial charge < -0.3 is 5.32 Å². The second kappa shape index (κ2) is 6.94. The Morgan fingerprint density at radius 2 is 1.81 bits per heavy atom. The van der Waals surface area contributed by atoms with Crippen LogP contribution in [0.1, 0.15) is 5.56 Å². The molecule has 0 aromatic heterocycles. The molecule has 0 heterocycles. The van der Waals surface area contributed by atoms with Crippen molar-refractivity contribution in [2.24, 2.45) is 0 Å². The Hall–Kier alpha value is -2.28. The number of hydrogen-bond donors (Lipinski definition) is 1. The van der Waals surface area contributed by atoms with E-state index in [1.807, 2.05) is 36.4 Å². The third-order valence-corrected chi connectivity index (χ3v) is 3.39. The molecule has 5 heteroatoms. The SMILES string of the molecule is N#C/C(=C/c1ccccc1)C(=O)Nc1ccc(Cl)c(Cl)c1. The van der Waals surface area contributed by atoms with Crippen molar-refractivity contribution >= 4 is 40.9 Å². The van der Waals surface area contributed by atoms with Gasteiger partial charge >= 0.3 is 0 Å². The Morgan fingerprint density at radius 1 is 1.10 bits per heavy atom. The van der Waals surface area contributed by atoms with E-state index in [-0.39, 0.29) is 5.57 Å². The van der Waals surface area contributed by atoms with E-state index in [0.717, 1.165) is 5.56 Å². The third kappa shape index (κ3) is 4.09. The van der Waals surface area contributed by atoms with Crippen molar-refractivity contribution in [3.63, 3.8) is 0 Å². The van der Waals surface area contributed by atoms with E-state index in [9.17, 15) is 4.79 Å². The van der Waals surface area contributed by atoms with Gasteiger partial charge in [0.2, 0.25) is 0 Å². The van der Waals surface area contributed by atoms with Crippen LogP contribution in [0.25, 0.3) is 6.08 Å². The van der Waals surface area contributed by atoms with Gasteiger partial charge in [0.1, 0.15) is 11.6 Å². The standard InChI is InChI=1S/C16H10Cl2N2O/c17-14-7-6-13(9-15(14)18)20-16(21)12(10-19)8-11-4-2-1-3-5-11/h1-9H,(H,20,21)/b12-8-. The summed E-state index contributed by atoms with van der Waals surface area (Å²) < 4.78 is 0. The average molecular weight is 317 g/mol. The maximum Gasteiger partial charge on any atom is 0.266 e. The maximum absolute atomic E-state index is 12.1. The molecule has 0 atom stereocenters. The minimum Gasteiger partial charge on any atom is -0.321 e. The Bertz CT molecular complexity index is 734. The molecule has 1 amide bonds. The Balaban J connectivity index is 2.20. The van der Waals surface area contributed by atoms with E-state index in [1.54, 1.807) is 12.1 Å². The lowest BCUT2D eigenvalue weighted by Crippen LogP contribution is -2.13. The zero-order valence-electron chi connectivity index (χ0n) is 10.8. The summed E-state index contributed by atoms with van der Waals surface area (Å²) in [6, 6.07) is 15.7. The van der Waals surface area contributed by atoms with Gasteiger partial charge in [-0.3, -0.25) is 4.79 Å². The molecule has 3 nitrogen and oxygen atoms in total. The molecular formula is C16H10Cl2N2O. The normalized spacial score (nSPS) is 10.8. The molecule has 0 aliphatic rings. The number of nitriles is 1. The number of nitrogens with one attached hydrogen (secondary N) is 1. The highest BCUT2D eigenvalue weighted by atomic mass is 35.5. The monoisotopic (exact) mass is 316 g/mol. The zero-order valence-corrected chi connectivity index (χ0v) is 12.3. The van der Waals surface area contributed by atoms with Crippen LogP contribution in [0.15, 0.2) is 54.1 Å². The molecule has 2 aromatic rings. The second-order valence-electron chi connectivity index (χ2n) is 4.16. The number of benzene rings is 2.